The molecule has 4 heterocycles. The highest BCUT2D eigenvalue weighted by molar-refractivity contribution is 6.74. The summed E-state index contributed by atoms with van der Waals surface area (Å²) in [6, 6.07) is 8.35. The van der Waals surface area contributed by atoms with Crippen LogP contribution in [-0.4, -0.2) is 146 Å². The summed E-state index contributed by atoms with van der Waals surface area (Å²) in [4.78, 5) is 122. The first kappa shape index (κ1) is 48.6. The third kappa shape index (κ3) is 9.88. The van der Waals surface area contributed by atoms with Gasteiger partial charge in [-0.05, 0) is 42.4 Å². The molecule has 0 saturated carbocycles. The van der Waals surface area contributed by atoms with E-state index < -0.39 is 130 Å². The minimum atomic E-state index is -2.59. The normalized spacial score (nSPS) is 27.7. The van der Waals surface area contributed by atoms with Crippen molar-refractivity contribution >= 4 is 61.8 Å². The summed E-state index contributed by atoms with van der Waals surface area (Å²) < 4.78 is 54.3. The first-order valence-electron chi connectivity index (χ1n) is 20.8. The Balaban J connectivity index is 1.45. The Bertz CT molecular complexity index is 2200. The molecule has 350 valence electrons. The maximum absolute atomic E-state index is 14.2. The van der Waals surface area contributed by atoms with Crippen LogP contribution in [-0.2, 0) is 66.3 Å². The molecule has 0 radical (unpaired) electrons. The number of rotatable bonds is 13. The highest BCUT2D eigenvalue weighted by Gasteiger charge is 2.60. The van der Waals surface area contributed by atoms with Gasteiger partial charge in [-0.3, -0.25) is 53.0 Å². The SMILES string of the molecule is CC(=O)O[C@H]1O[C@H](CO[C@@H]2O[C@H](CO[Si](C)(C)C(C)(C)C)[C@@H](OC(C)=O)[C@H](OC(C)=O)[C@H]2N2C(=O)c3ccccc3C2=O)[C@@H](OC(C)=O)[C@H](OC(C)=O)[C@H]1N1C(=O)c2ccccc2C1=O. The second-order valence-corrected chi connectivity index (χ2v) is 22.2. The number of hydrogen-bond donors (Lipinski definition) is 0. The molecule has 20 nitrogen and oxygen atoms in total. The lowest BCUT2D eigenvalue weighted by Gasteiger charge is -2.49. The number of fused-ring (bicyclic) bond motifs is 2. The molecule has 0 aromatic heterocycles. The smallest absolute Gasteiger partial charge is 0.305 e. The number of amides is 4. The van der Waals surface area contributed by atoms with Crippen LogP contribution in [0.3, 0.4) is 0 Å². The van der Waals surface area contributed by atoms with Crippen molar-refractivity contribution in [2.24, 2.45) is 0 Å². The number of esters is 5. The molecule has 2 aromatic rings. The van der Waals surface area contributed by atoms with Crippen molar-refractivity contribution in [2.45, 2.75) is 135 Å². The maximum Gasteiger partial charge on any atom is 0.305 e. The lowest BCUT2D eigenvalue weighted by atomic mass is 9.94. The summed E-state index contributed by atoms with van der Waals surface area (Å²) in [5.41, 5.74) is -0.0117. The quantitative estimate of drug-likeness (QED) is 0.121. The van der Waals surface area contributed by atoms with Crippen molar-refractivity contribution in [1.29, 1.82) is 0 Å². The van der Waals surface area contributed by atoms with Crippen molar-refractivity contribution in [3.8, 4) is 0 Å². The number of hydrogen-bond acceptors (Lipinski definition) is 18. The molecule has 0 aliphatic carbocycles. The highest BCUT2D eigenvalue weighted by Crippen LogP contribution is 2.41. The lowest BCUT2D eigenvalue weighted by Crippen LogP contribution is -2.69. The number of nitrogens with zero attached hydrogens (tertiary/aromatic N) is 2. The summed E-state index contributed by atoms with van der Waals surface area (Å²) in [5, 5.41) is -0.321. The molecule has 6 rings (SSSR count). The Labute approximate surface area is 375 Å². The largest absolute Gasteiger partial charge is 0.456 e. The van der Waals surface area contributed by atoms with Gasteiger partial charge in [0.25, 0.3) is 23.6 Å². The van der Waals surface area contributed by atoms with Crippen molar-refractivity contribution < 1.29 is 85.5 Å². The molecule has 0 bridgehead atoms. The topological polar surface area (TPSA) is 243 Å². The minimum absolute atomic E-state index is 0.00317. The zero-order chi connectivity index (χ0) is 47.9. The zero-order valence-corrected chi connectivity index (χ0v) is 38.5. The first-order valence-corrected chi connectivity index (χ1v) is 23.7. The van der Waals surface area contributed by atoms with Gasteiger partial charge in [0.05, 0.1) is 35.5 Å². The summed E-state index contributed by atoms with van der Waals surface area (Å²) in [6.07, 6.45) is -13.2. The van der Waals surface area contributed by atoms with E-state index in [0.717, 1.165) is 39.5 Å². The van der Waals surface area contributed by atoms with Crippen LogP contribution >= 0.6 is 0 Å². The Hall–Kier alpha value is -5.87. The first-order chi connectivity index (χ1) is 30.4. The third-order valence-corrected chi connectivity index (χ3v) is 16.3. The predicted molar refractivity (Wildman–Crippen MR) is 222 cm³/mol. The van der Waals surface area contributed by atoms with Gasteiger partial charge in [0.15, 0.2) is 39.0 Å². The molecule has 4 amide bonds. The molecule has 21 heteroatoms. The van der Waals surface area contributed by atoms with Gasteiger partial charge in [-0.2, -0.15) is 0 Å². The van der Waals surface area contributed by atoms with E-state index in [1.807, 2.05) is 33.9 Å². The molecular formula is C44H52N2O18Si. The Morgan fingerprint density at radius 3 is 1.20 bits per heavy atom. The maximum atomic E-state index is 14.2. The lowest BCUT2D eigenvalue weighted by molar-refractivity contribution is -0.310. The molecule has 2 fully saturated rings. The van der Waals surface area contributed by atoms with Gasteiger partial charge in [0.1, 0.15) is 24.3 Å². The molecule has 4 aliphatic heterocycles. The monoisotopic (exact) mass is 924 g/mol. The fraction of sp³-hybridized carbons (Fsp3) is 0.523. The summed E-state index contributed by atoms with van der Waals surface area (Å²) in [5.74, 6) is -7.93. The van der Waals surface area contributed by atoms with Gasteiger partial charge in [-0.1, -0.05) is 45.0 Å². The van der Waals surface area contributed by atoms with Crippen LogP contribution in [0.2, 0.25) is 18.1 Å². The van der Waals surface area contributed by atoms with E-state index in [-0.39, 0.29) is 33.9 Å². The second-order valence-electron chi connectivity index (χ2n) is 17.4. The number of benzene rings is 2. The van der Waals surface area contributed by atoms with E-state index in [9.17, 15) is 43.2 Å². The van der Waals surface area contributed by atoms with Crippen LogP contribution in [0.15, 0.2) is 48.5 Å². The average molecular weight is 925 g/mol. The van der Waals surface area contributed by atoms with Gasteiger partial charge >= 0.3 is 29.8 Å². The van der Waals surface area contributed by atoms with E-state index in [2.05, 4.69) is 0 Å². The molecule has 0 spiro atoms. The van der Waals surface area contributed by atoms with Gasteiger partial charge in [-0.15, -0.1) is 0 Å². The number of carbonyl (C=O) groups excluding carboxylic acids is 9. The highest BCUT2D eigenvalue weighted by atomic mass is 28.4. The second kappa shape index (κ2) is 18.9. The van der Waals surface area contributed by atoms with Crippen LogP contribution in [0, 0.1) is 0 Å². The van der Waals surface area contributed by atoms with Crippen molar-refractivity contribution in [3.63, 3.8) is 0 Å². The Morgan fingerprint density at radius 1 is 0.523 bits per heavy atom. The summed E-state index contributed by atoms with van der Waals surface area (Å²) in [7, 11) is -2.59. The van der Waals surface area contributed by atoms with Crippen LogP contribution < -0.4 is 0 Å². The van der Waals surface area contributed by atoms with E-state index >= 15 is 0 Å². The van der Waals surface area contributed by atoms with Gasteiger partial charge < -0.3 is 42.3 Å². The van der Waals surface area contributed by atoms with Gasteiger partial charge in [-0.25, -0.2) is 0 Å². The Morgan fingerprint density at radius 2 is 0.846 bits per heavy atom. The molecule has 0 unspecified atom stereocenters. The van der Waals surface area contributed by atoms with Crippen molar-refractivity contribution in [3.05, 3.63) is 70.8 Å². The molecule has 10 atom stereocenters. The van der Waals surface area contributed by atoms with Crippen LogP contribution in [0.1, 0.15) is 96.8 Å². The van der Waals surface area contributed by atoms with E-state index in [1.54, 1.807) is 12.1 Å². The van der Waals surface area contributed by atoms with Crippen LogP contribution in [0.25, 0.3) is 0 Å². The third-order valence-electron chi connectivity index (χ3n) is 11.8. The number of imide groups is 2. The van der Waals surface area contributed by atoms with E-state index in [0.29, 0.717) is 4.90 Å². The predicted octanol–water partition coefficient (Wildman–Crippen LogP) is 3.09. The fourth-order valence-corrected chi connectivity index (χ4v) is 8.98. The molecule has 0 N–H and O–H groups in total. The minimum Gasteiger partial charge on any atom is -0.456 e. The van der Waals surface area contributed by atoms with E-state index in [1.165, 1.54) is 36.4 Å². The van der Waals surface area contributed by atoms with Crippen LogP contribution in [0.5, 0.6) is 0 Å². The molecule has 4 aliphatic rings. The molecular weight excluding hydrogens is 873 g/mol. The summed E-state index contributed by atoms with van der Waals surface area (Å²) in [6.45, 7) is 14.1. The number of ether oxygens (including phenoxy) is 8. The molecule has 65 heavy (non-hydrogen) atoms. The number of carbonyl (C=O) groups is 9. The van der Waals surface area contributed by atoms with E-state index in [4.69, 9.17) is 42.3 Å². The molecule has 2 aromatic carbocycles. The van der Waals surface area contributed by atoms with Crippen LogP contribution in [0.4, 0.5) is 0 Å². The van der Waals surface area contributed by atoms with Crippen molar-refractivity contribution in [1.82, 2.24) is 9.80 Å². The fourth-order valence-electron chi connectivity index (χ4n) is 7.97. The average Bonchev–Trinajstić information content (AvgIpc) is 3.60. The van der Waals surface area contributed by atoms with Gasteiger partial charge in [0, 0.05) is 34.6 Å². The van der Waals surface area contributed by atoms with Gasteiger partial charge in [0.2, 0.25) is 6.29 Å². The Kier molecular flexibility index (Phi) is 14.1. The van der Waals surface area contributed by atoms with Crippen molar-refractivity contribution in [2.75, 3.05) is 13.2 Å². The standard InChI is InChI=1S/C44H52N2O18Si/c1-21(47)58-34-30(64-43(62-25(5)51)33(37(34)61-24(4)50)46-40(54)28-17-13-14-18-29(28)41(46)55)19-56-42-32(45-38(52)26-15-11-12-16-27(26)39(45)53)36(60-23(3)49)35(59-22(2)48)31(63-42)20-57-65(9,10)44(6,7)8/h11-18,30-37,42-43H,19-20H2,1-10H3/t30-,31-,32-,33-,34-,35-,36-,37-,42-,43+/m1/s1. The zero-order valence-electron chi connectivity index (χ0n) is 37.5. The molecule has 2 saturated heterocycles. The summed E-state index contributed by atoms with van der Waals surface area (Å²) >= 11 is 0.